The number of allylic oxidation sites excluding steroid dienone is 1. The molecule has 0 spiro atoms. The molecule has 0 heterocycles. The standard InChI is InChI=1S/C14H12FNO2/c1-18-13-7-11(10-5-3-2-4-6-10)8-14(15,17)12(13)9-16/h2-7,17H,8H2,1H3. The quantitative estimate of drug-likeness (QED) is 0.871. The highest BCUT2D eigenvalue weighted by Crippen LogP contribution is 2.38. The second-order valence-electron chi connectivity index (χ2n) is 4.03. The van der Waals surface area contributed by atoms with Crippen LogP contribution in [-0.4, -0.2) is 18.1 Å². The number of hydrogen-bond donors (Lipinski definition) is 1. The molecule has 1 atom stereocenters. The summed E-state index contributed by atoms with van der Waals surface area (Å²) in [6, 6.07) is 10.8. The molecule has 0 bridgehead atoms. The molecule has 1 N–H and O–H groups in total. The Bertz CT molecular complexity index is 553. The predicted octanol–water partition coefficient (Wildman–Crippen LogP) is 2.56. The Morgan fingerprint density at radius 2 is 2.06 bits per heavy atom. The van der Waals surface area contributed by atoms with Crippen LogP contribution in [0.3, 0.4) is 0 Å². The van der Waals surface area contributed by atoms with Crippen LogP contribution in [0.5, 0.6) is 0 Å². The highest BCUT2D eigenvalue weighted by atomic mass is 19.2. The number of alkyl halides is 1. The van der Waals surface area contributed by atoms with Gasteiger partial charge < -0.3 is 9.84 Å². The van der Waals surface area contributed by atoms with Crippen molar-refractivity contribution in [2.24, 2.45) is 0 Å². The van der Waals surface area contributed by atoms with Gasteiger partial charge in [0.05, 0.1) is 7.11 Å². The van der Waals surface area contributed by atoms with E-state index in [-0.39, 0.29) is 17.8 Å². The lowest BCUT2D eigenvalue weighted by Crippen LogP contribution is -2.29. The zero-order valence-corrected chi connectivity index (χ0v) is 9.85. The molecule has 3 nitrogen and oxygen atoms in total. The average Bonchev–Trinajstić information content (AvgIpc) is 2.37. The van der Waals surface area contributed by atoms with Crippen molar-refractivity contribution in [3.05, 3.63) is 53.3 Å². The third-order valence-corrected chi connectivity index (χ3v) is 2.84. The van der Waals surface area contributed by atoms with Gasteiger partial charge in [-0.2, -0.15) is 5.26 Å². The van der Waals surface area contributed by atoms with Crippen molar-refractivity contribution >= 4 is 5.57 Å². The highest BCUT2D eigenvalue weighted by molar-refractivity contribution is 5.72. The summed E-state index contributed by atoms with van der Waals surface area (Å²) in [6.45, 7) is 0. The van der Waals surface area contributed by atoms with Crippen molar-refractivity contribution in [2.75, 3.05) is 7.11 Å². The minimum atomic E-state index is -2.68. The van der Waals surface area contributed by atoms with Crippen LogP contribution in [0.4, 0.5) is 4.39 Å². The van der Waals surface area contributed by atoms with Gasteiger partial charge >= 0.3 is 0 Å². The van der Waals surface area contributed by atoms with Gasteiger partial charge in [0.1, 0.15) is 17.4 Å². The number of aliphatic hydroxyl groups is 1. The molecule has 0 radical (unpaired) electrons. The number of methoxy groups -OCH3 is 1. The van der Waals surface area contributed by atoms with E-state index >= 15 is 0 Å². The molecule has 1 aromatic rings. The maximum atomic E-state index is 14.1. The van der Waals surface area contributed by atoms with Gasteiger partial charge in [0, 0.05) is 6.42 Å². The molecule has 92 valence electrons. The van der Waals surface area contributed by atoms with Gasteiger partial charge in [-0.15, -0.1) is 0 Å². The zero-order chi connectivity index (χ0) is 13.2. The number of hydrogen-bond acceptors (Lipinski definition) is 3. The summed E-state index contributed by atoms with van der Waals surface area (Å²) in [5.74, 6) is -2.62. The molecular formula is C14H12FNO2. The molecule has 18 heavy (non-hydrogen) atoms. The highest BCUT2D eigenvalue weighted by Gasteiger charge is 2.39. The Morgan fingerprint density at radius 3 is 2.61 bits per heavy atom. The molecule has 0 saturated heterocycles. The molecule has 1 unspecified atom stereocenters. The minimum Gasteiger partial charge on any atom is -0.495 e. The van der Waals surface area contributed by atoms with E-state index in [0.29, 0.717) is 5.57 Å². The lowest BCUT2D eigenvalue weighted by molar-refractivity contribution is -0.0474. The van der Waals surface area contributed by atoms with Crippen molar-refractivity contribution in [3.8, 4) is 6.07 Å². The second kappa shape index (κ2) is 4.63. The Hall–Kier alpha value is -2.12. The van der Waals surface area contributed by atoms with Gasteiger partial charge in [0.2, 0.25) is 0 Å². The third kappa shape index (κ3) is 2.13. The third-order valence-electron chi connectivity index (χ3n) is 2.84. The molecule has 1 aliphatic carbocycles. The number of rotatable bonds is 2. The fourth-order valence-electron chi connectivity index (χ4n) is 1.95. The van der Waals surface area contributed by atoms with E-state index in [2.05, 4.69) is 0 Å². The molecule has 0 amide bonds. The molecule has 4 heteroatoms. The SMILES string of the molecule is COC1=C(C#N)C(O)(F)CC(c2ccccc2)=C1. The Kier molecular flexibility index (Phi) is 3.17. The summed E-state index contributed by atoms with van der Waals surface area (Å²) >= 11 is 0. The monoisotopic (exact) mass is 245 g/mol. The minimum absolute atomic E-state index is 0.0626. The molecular weight excluding hydrogens is 233 g/mol. The molecule has 0 aliphatic heterocycles. The first kappa shape index (κ1) is 12.3. The predicted molar refractivity (Wildman–Crippen MR) is 64.7 cm³/mol. The first-order valence-electron chi connectivity index (χ1n) is 5.44. The zero-order valence-electron chi connectivity index (χ0n) is 9.85. The first-order chi connectivity index (χ1) is 8.58. The largest absolute Gasteiger partial charge is 0.495 e. The van der Waals surface area contributed by atoms with Crippen LogP contribution in [0.2, 0.25) is 0 Å². The van der Waals surface area contributed by atoms with Gasteiger partial charge in [0.25, 0.3) is 5.85 Å². The van der Waals surface area contributed by atoms with Gasteiger partial charge in [-0.05, 0) is 17.2 Å². The molecule has 0 fully saturated rings. The van der Waals surface area contributed by atoms with Crippen molar-refractivity contribution in [2.45, 2.75) is 12.3 Å². The van der Waals surface area contributed by atoms with E-state index in [1.165, 1.54) is 7.11 Å². The van der Waals surface area contributed by atoms with E-state index in [0.717, 1.165) is 5.56 Å². The number of nitrogens with zero attached hydrogens (tertiary/aromatic N) is 1. The van der Waals surface area contributed by atoms with E-state index in [9.17, 15) is 9.50 Å². The van der Waals surface area contributed by atoms with Crippen LogP contribution >= 0.6 is 0 Å². The lowest BCUT2D eigenvalue weighted by atomic mass is 9.89. The van der Waals surface area contributed by atoms with E-state index in [1.54, 1.807) is 12.1 Å². The number of ether oxygens (including phenoxy) is 1. The molecule has 0 saturated carbocycles. The van der Waals surface area contributed by atoms with Crippen LogP contribution < -0.4 is 0 Å². The second-order valence-corrected chi connectivity index (χ2v) is 4.03. The van der Waals surface area contributed by atoms with Crippen LogP contribution in [-0.2, 0) is 4.74 Å². The van der Waals surface area contributed by atoms with Crippen LogP contribution in [0, 0.1) is 11.3 Å². The molecule has 2 rings (SSSR count). The fraction of sp³-hybridized carbons (Fsp3) is 0.214. The molecule has 1 aromatic carbocycles. The summed E-state index contributed by atoms with van der Waals surface area (Å²) in [5, 5.41) is 18.6. The average molecular weight is 245 g/mol. The van der Waals surface area contributed by atoms with Gasteiger partial charge in [-0.1, -0.05) is 30.3 Å². The van der Waals surface area contributed by atoms with Crippen molar-refractivity contribution in [1.29, 1.82) is 5.26 Å². The van der Waals surface area contributed by atoms with Crippen molar-refractivity contribution in [1.82, 2.24) is 0 Å². The smallest absolute Gasteiger partial charge is 0.250 e. The normalized spacial score (nSPS) is 23.3. The number of nitriles is 1. The maximum absolute atomic E-state index is 14.1. The Balaban J connectivity index is 2.51. The lowest BCUT2D eigenvalue weighted by Gasteiger charge is -2.25. The van der Waals surface area contributed by atoms with Gasteiger partial charge in [0.15, 0.2) is 0 Å². The summed E-state index contributed by atoms with van der Waals surface area (Å²) in [6.07, 6.45) is 1.33. The molecule has 0 aromatic heterocycles. The Morgan fingerprint density at radius 1 is 1.39 bits per heavy atom. The van der Waals surface area contributed by atoms with E-state index in [4.69, 9.17) is 10.00 Å². The fourth-order valence-corrected chi connectivity index (χ4v) is 1.95. The first-order valence-corrected chi connectivity index (χ1v) is 5.44. The van der Waals surface area contributed by atoms with Gasteiger partial charge in [-0.3, -0.25) is 0 Å². The van der Waals surface area contributed by atoms with Crippen LogP contribution in [0.25, 0.3) is 5.57 Å². The summed E-state index contributed by atoms with van der Waals surface area (Å²) in [4.78, 5) is 0. The Labute approximate surface area is 104 Å². The van der Waals surface area contributed by atoms with Crippen LogP contribution in [0.15, 0.2) is 47.7 Å². The number of benzene rings is 1. The van der Waals surface area contributed by atoms with E-state index in [1.807, 2.05) is 30.3 Å². The maximum Gasteiger partial charge on any atom is 0.250 e. The number of halogens is 1. The van der Waals surface area contributed by atoms with E-state index < -0.39 is 5.85 Å². The molecule has 1 aliphatic rings. The van der Waals surface area contributed by atoms with Gasteiger partial charge in [-0.25, -0.2) is 4.39 Å². The summed E-state index contributed by atoms with van der Waals surface area (Å²) in [7, 11) is 1.34. The summed E-state index contributed by atoms with van der Waals surface area (Å²) in [5.41, 5.74) is 1.00. The van der Waals surface area contributed by atoms with Crippen LogP contribution in [0.1, 0.15) is 12.0 Å². The van der Waals surface area contributed by atoms with Crippen molar-refractivity contribution < 1.29 is 14.2 Å². The topological polar surface area (TPSA) is 53.2 Å². The van der Waals surface area contributed by atoms with Crippen molar-refractivity contribution in [3.63, 3.8) is 0 Å². The summed E-state index contributed by atoms with van der Waals surface area (Å²) < 4.78 is 19.0.